The lowest BCUT2D eigenvalue weighted by Gasteiger charge is -2.25. The van der Waals surface area contributed by atoms with Crippen molar-refractivity contribution in [3.05, 3.63) is 0 Å². The Balaban J connectivity index is 0. The lowest BCUT2D eigenvalue weighted by Crippen LogP contribution is -2.45. The molecule has 0 radical (unpaired) electrons. The van der Waals surface area contributed by atoms with Gasteiger partial charge in [0.25, 0.3) is 0 Å². The number of esters is 3. The van der Waals surface area contributed by atoms with E-state index in [1.807, 2.05) is 0 Å². The van der Waals surface area contributed by atoms with E-state index in [1.54, 1.807) is 4.90 Å². The molecule has 152 valence electrons. The summed E-state index contributed by atoms with van der Waals surface area (Å²) in [4.78, 5) is 48.8. The Hall–Kier alpha value is -2.24. The minimum Gasteiger partial charge on any atom is -0.468 e. The summed E-state index contributed by atoms with van der Waals surface area (Å²) in [5, 5.41) is 2.46. The fourth-order valence-electron chi connectivity index (χ4n) is 1.73. The second kappa shape index (κ2) is 16.2. The van der Waals surface area contributed by atoms with E-state index in [0.29, 0.717) is 0 Å². The van der Waals surface area contributed by atoms with Crippen molar-refractivity contribution < 1.29 is 33.4 Å². The Labute approximate surface area is 153 Å². The Kier molecular flexibility index (Phi) is 16.2. The van der Waals surface area contributed by atoms with E-state index >= 15 is 0 Å². The summed E-state index contributed by atoms with van der Waals surface area (Å²) in [6.07, 6.45) is 0. The van der Waals surface area contributed by atoms with E-state index in [4.69, 9.17) is 0 Å². The molecule has 11 heteroatoms. The number of ether oxygens (including phenoxy) is 3. The van der Waals surface area contributed by atoms with Crippen molar-refractivity contribution in [1.29, 1.82) is 0 Å². The van der Waals surface area contributed by atoms with Gasteiger partial charge < -0.3 is 25.3 Å². The minimum absolute atomic E-state index is 0.0180. The summed E-state index contributed by atoms with van der Waals surface area (Å²) in [6.45, 7) is 0.175. The Morgan fingerprint density at radius 1 is 0.731 bits per heavy atom. The van der Waals surface area contributed by atoms with E-state index in [2.05, 4.69) is 25.3 Å². The summed E-state index contributed by atoms with van der Waals surface area (Å²) in [5.41, 5.74) is 4.50. The first-order valence-corrected chi connectivity index (χ1v) is 7.79. The van der Waals surface area contributed by atoms with Crippen molar-refractivity contribution in [3.63, 3.8) is 0 Å². The van der Waals surface area contributed by atoms with Crippen molar-refractivity contribution in [3.8, 4) is 0 Å². The summed E-state index contributed by atoms with van der Waals surface area (Å²) in [5.74, 6) is -1.78. The number of methoxy groups -OCH3 is 3. The molecule has 0 saturated carbocycles. The van der Waals surface area contributed by atoms with Crippen LogP contribution in [0.25, 0.3) is 0 Å². The van der Waals surface area contributed by atoms with E-state index < -0.39 is 17.9 Å². The number of likely N-dealkylation sites (N-methyl/N-ethyl adjacent to an activating group) is 1. The summed E-state index contributed by atoms with van der Waals surface area (Å²) in [6, 6.07) is 0. The van der Waals surface area contributed by atoms with Gasteiger partial charge in [0.15, 0.2) is 0 Å². The van der Waals surface area contributed by atoms with Gasteiger partial charge in [-0.25, -0.2) is 0 Å². The van der Waals surface area contributed by atoms with E-state index in [0.717, 1.165) is 0 Å². The van der Waals surface area contributed by atoms with Crippen molar-refractivity contribution in [2.24, 2.45) is 5.73 Å². The van der Waals surface area contributed by atoms with E-state index in [9.17, 15) is 19.2 Å². The van der Waals surface area contributed by atoms with Crippen LogP contribution in [0.2, 0.25) is 0 Å². The number of hydrogen-bond acceptors (Lipinski definition) is 10. The maximum Gasteiger partial charge on any atom is 0.319 e. The van der Waals surface area contributed by atoms with Gasteiger partial charge in [0, 0.05) is 20.1 Å². The fraction of sp³-hybridized carbons (Fsp3) is 0.733. The molecule has 0 heterocycles. The highest BCUT2D eigenvalue weighted by atomic mass is 16.5. The number of hydrogen-bond donors (Lipinski definition) is 2. The predicted octanol–water partition coefficient (Wildman–Crippen LogP) is -2.57. The average Bonchev–Trinajstić information content (AvgIpc) is 2.66. The van der Waals surface area contributed by atoms with Crippen molar-refractivity contribution in [2.45, 2.75) is 0 Å². The van der Waals surface area contributed by atoms with Gasteiger partial charge in [-0.15, -0.1) is 0 Å². The van der Waals surface area contributed by atoms with Gasteiger partial charge in [-0.1, -0.05) is 0 Å². The number of carbonyl (C=O) groups is 4. The van der Waals surface area contributed by atoms with Gasteiger partial charge in [-0.3, -0.25) is 29.0 Å². The zero-order valence-corrected chi connectivity index (χ0v) is 16.1. The first-order chi connectivity index (χ1) is 12.4. The van der Waals surface area contributed by atoms with E-state index in [1.165, 1.54) is 40.3 Å². The zero-order valence-electron chi connectivity index (χ0n) is 16.1. The Bertz CT molecular complexity index is 370. The quantitative estimate of drug-likeness (QED) is 0.291. The summed E-state index contributed by atoms with van der Waals surface area (Å²) in [7, 11) is 6.72. The molecule has 0 aliphatic heterocycles. The lowest BCUT2D eigenvalue weighted by molar-refractivity contribution is -0.147. The van der Waals surface area contributed by atoms with Crippen LogP contribution in [0, 0.1) is 0 Å². The predicted molar refractivity (Wildman–Crippen MR) is 93.1 cm³/mol. The van der Waals surface area contributed by atoms with Crippen LogP contribution in [0.5, 0.6) is 0 Å². The molecule has 0 atom stereocenters. The molecule has 0 unspecified atom stereocenters. The number of rotatable bonds is 11. The fourth-order valence-corrected chi connectivity index (χ4v) is 1.73. The average molecular weight is 378 g/mol. The SMILES string of the molecule is CN.CNC(=O)CN(CCN(CC(=O)OC)CC(=O)OC)CC(=O)OC. The molecular weight excluding hydrogens is 348 g/mol. The van der Waals surface area contributed by atoms with Gasteiger partial charge in [0.1, 0.15) is 0 Å². The molecule has 0 rings (SSSR count). The molecule has 0 aromatic heterocycles. The first kappa shape index (κ1) is 26.0. The maximum atomic E-state index is 11.5. The van der Waals surface area contributed by atoms with Crippen LogP contribution in [0.1, 0.15) is 0 Å². The van der Waals surface area contributed by atoms with Crippen molar-refractivity contribution >= 4 is 23.8 Å². The monoisotopic (exact) mass is 378 g/mol. The van der Waals surface area contributed by atoms with Crippen LogP contribution < -0.4 is 11.1 Å². The third kappa shape index (κ3) is 13.1. The smallest absolute Gasteiger partial charge is 0.319 e. The molecule has 11 nitrogen and oxygen atoms in total. The van der Waals surface area contributed by atoms with Gasteiger partial charge in [-0.2, -0.15) is 0 Å². The first-order valence-electron chi connectivity index (χ1n) is 7.79. The number of carbonyl (C=O) groups excluding carboxylic acids is 4. The third-order valence-corrected chi connectivity index (χ3v) is 3.12. The molecular formula is C15H30N4O7. The largest absolute Gasteiger partial charge is 0.468 e. The van der Waals surface area contributed by atoms with Crippen LogP contribution in [-0.4, -0.2) is 108 Å². The van der Waals surface area contributed by atoms with Crippen LogP contribution >= 0.6 is 0 Å². The summed E-state index contributed by atoms with van der Waals surface area (Å²) >= 11 is 0. The van der Waals surface area contributed by atoms with Crippen molar-refractivity contribution in [2.75, 3.05) is 74.7 Å². The molecule has 0 spiro atoms. The molecule has 1 amide bonds. The maximum absolute atomic E-state index is 11.5. The highest BCUT2D eigenvalue weighted by molar-refractivity contribution is 5.79. The number of nitrogens with zero attached hydrogens (tertiary/aromatic N) is 2. The van der Waals surface area contributed by atoms with Crippen molar-refractivity contribution in [1.82, 2.24) is 15.1 Å². The molecule has 0 aromatic rings. The number of amides is 1. The topological polar surface area (TPSA) is 140 Å². The van der Waals surface area contributed by atoms with Gasteiger partial charge in [0.2, 0.25) is 5.91 Å². The molecule has 0 aliphatic carbocycles. The Morgan fingerprint density at radius 3 is 1.31 bits per heavy atom. The standard InChI is InChI=1S/C14H25N3O7.CH5N/c1-15-11(18)7-16(8-12(19)22-2)5-6-17(9-13(20)23-3)10-14(21)24-4;1-2/h5-10H2,1-4H3,(H,15,18);2H2,1H3. The second-order valence-electron chi connectivity index (χ2n) is 4.82. The molecule has 0 aromatic carbocycles. The van der Waals surface area contributed by atoms with Gasteiger partial charge >= 0.3 is 17.9 Å². The zero-order chi connectivity index (χ0) is 20.5. The van der Waals surface area contributed by atoms with Gasteiger partial charge in [-0.05, 0) is 7.05 Å². The third-order valence-electron chi connectivity index (χ3n) is 3.12. The molecule has 0 bridgehead atoms. The van der Waals surface area contributed by atoms with Crippen LogP contribution in [0.15, 0.2) is 0 Å². The van der Waals surface area contributed by atoms with E-state index in [-0.39, 0.29) is 45.2 Å². The molecule has 3 N–H and O–H groups in total. The van der Waals surface area contributed by atoms with Gasteiger partial charge in [0.05, 0.1) is 47.5 Å². The minimum atomic E-state index is -0.510. The number of nitrogens with two attached hydrogens (primary N) is 1. The highest BCUT2D eigenvalue weighted by Gasteiger charge is 2.19. The second-order valence-corrected chi connectivity index (χ2v) is 4.82. The van der Waals surface area contributed by atoms with Crippen LogP contribution in [-0.2, 0) is 33.4 Å². The Morgan fingerprint density at radius 2 is 1.04 bits per heavy atom. The molecule has 0 fully saturated rings. The normalized spacial score (nSPS) is 9.85. The van der Waals surface area contributed by atoms with Crippen LogP contribution in [0.3, 0.4) is 0 Å². The molecule has 0 aliphatic rings. The van der Waals surface area contributed by atoms with Crippen LogP contribution in [0.4, 0.5) is 0 Å². The number of nitrogens with one attached hydrogen (secondary N) is 1. The lowest BCUT2D eigenvalue weighted by atomic mass is 10.3. The molecule has 0 saturated heterocycles. The summed E-state index contributed by atoms with van der Waals surface area (Å²) < 4.78 is 13.8. The highest BCUT2D eigenvalue weighted by Crippen LogP contribution is 1.96. The molecule has 26 heavy (non-hydrogen) atoms.